The van der Waals surface area contributed by atoms with Crippen molar-refractivity contribution in [2.45, 2.75) is 58.3 Å². The Bertz CT molecular complexity index is 433. The van der Waals surface area contributed by atoms with Gasteiger partial charge in [0.1, 0.15) is 0 Å². The summed E-state index contributed by atoms with van der Waals surface area (Å²) in [4.78, 5) is 1.39. The Hall–Kier alpha value is -0.480. The molecular weight excluding hydrogens is 296 g/mol. The summed E-state index contributed by atoms with van der Waals surface area (Å²) in [5, 5.41) is 0. The van der Waals surface area contributed by atoms with Crippen LogP contribution in [0.25, 0.3) is 0 Å². The second kappa shape index (κ2) is 7.19. The van der Waals surface area contributed by atoms with Crippen LogP contribution >= 0.6 is 24.4 Å². The van der Waals surface area contributed by atoms with Gasteiger partial charge in [0.15, 0.2) is 0 Å². The summed E-state index contributed by atoms with van der Waals surface area (Å²) in [6.45, 7) is 2.35. The Balaban J connectivity index is 1.78. The predicted molar refractivity (Wildman–Crippen MR) is 98.2 cm³/mol. The molecule has 118 valence electrons. The van der Waals surface area contributed by atoms with Crippen molar-refractivity contribution in [2.75, 3.05) is 0 Å². The van der Waals surface area contributed by atoms with Gasteiger partial charge in [-0.2, -0.15) is 0 Å². The van der Waals surface area contributed by atoms with E-state index in [0.717, 1.165) is 24.3 Å². The minimum atomic E-state index is 0.104. The molecule has 0 aliphatic heterocycles. The molecule has 0 amide bonds. The number of hydrogen-bond donors (Lipinski definition) is 2. The maximum Gasteiger partial charge on any atom is 0.0796 e. The Morgan fingerprint density at radius 2 is 2.00 bits per heavy atom. The van der Waals surface area contributed by atoms with Gasteiger partial charge in [0.25, 0.3) is 0 Å². The third kappa shape index (κ3) is 4.04. The minimum absolute atomic E-state index is 0.104. The van der Waals surface area contributed by atoms with Crippen LogP contribution in [0.2, 0.25) is 0 Å². The van der Waals surface area contributed by atoms with Gasteiger partial charge in [-0.15, -0.1) is 0 Å². The third-order valence-corrected chi connectivity index (χ3v) is 5.94. The normalized spacial score (nSPS) is 31.5. The number of unbranched alkanes of at least 4 members (excludes halogenated alkanes) is 2. The first-order chi connectivity index (χ1) is 9.94. The lowest BCUT2D eigenvalue weighted by atomic mass is 9.69. The van der Waals surface area contributed by atoms with Crippen molar-refractivity contribution in [3.63, 3.8) is 0 Å². The van der Waals surface area contributed by atoms with E-state index < -0.39 is 0 Å². The topological polar surface area (TPSA) is 52.0 Å². The van der Waals surface area contributed by atoms with Crippen LogP contribution in [0.1, 0.15) is 58.3 Å². The largest absolute Gasteiger partial charge is 0.393 e. The number of allylic oxidation sites excluding steroid dienone is 2. The average Bonchev–Trinajstić information content (AvgIpc) is 2.98. The summed E-state index contributed by atoms with van der Waals surface area (Å²) >= 11 is 10.4. The molecule has 21 heavy (non-hydrogen) atoms. The second-order valence-corrected chi connectivity index (χ2v) is 8.05. The Labute approximate surface area is 139 Å². The van der Waals surface area contributed by atoms with Gasteiger partial charge >= 0.3 is 0 Å². The first-order valence-corrected chi connectivity index (χ1v) is 9.02. The van der Waals surface area contributed by atoms with Crippen molar-refractivity contribution in [1.29, 1.82) is 0 Å². The van der Waals surface area contributed by atoms with Crippen LogP contribution in [0.5, 0.6) is 0 Å². The minimum Gasteiger partial charge on any atom is -0.393 e. The Kier molecular flexibility index (Phi) is 5.78. The van der Waals surface area contributed by atoms with E-state index in [-0.39, 0.29) is 5.41 Å². The van der Waals surface area contributed by atoms with Gasteiger partial charge in [0.2, 0.25) is 0 Å². The Morgan fingerprint density at radius 3 is 2.52 bits per heavy atom. The van der Waals surface area contributed by atoms with E-state index in [2.05, 4.69) is 19.1 Å². The first kappa shape index (κ1) is 16.9. The SMILES string of the molecule is CC(CCCCCC(N)=S)CC1(C(N)=S)CC2C=CC1C2. The average molecular weight is 325 g/mol. The maximum absolute atomic E-state index is 6.15. The molecule has 4 heteroatoms. The number of rotatable bonds is 9. The molecule has 0 aromatic heterocycles. The van der Waals surface area contributed by atoms with Crippen molar-refractivity contribution >= 4 is 34.4 Å². The number of fused-ring (bicyclic) bond motifs is 2. The summed E-state index contributed by atoms with van der Waals surface area (Å²) in [5.74, 6) is 2.00. The van der Waals surface area contributed by atoms with Gasteiger partial charge in [0.05, 0.1) is 9.98 Å². The molecule has 2 nitrogen and oxygen atoms in total. The van der Waals surface area contributed by atoms with Crippen LogP contribution in [0.3, 0.4) is 0 Å². The van der Waals surface area contributed by atoms with E-state index in [9.17, 15) is 0 Å². The molecule has 0 spiro atoms. The van der Waals surface area contributed by atoms with Gasteiger partial charge in [-0.1, -0.05) is 62.8 Å². The molecule has 0 heterocycles. The zero-order valence-electron chi connectivity index (χ0n) is 13.0. The van der Waals surface area contributed by atoms with Crippen LogP contribution in [0.15, 0.2) is 12.2 Å². The van der Waals surface area contributed by atoms with Gasteiger partial charge in [-0.25, -0.2) is 0 Å². The fourth-order valence-electron chi connectivity index (χ4n) is 4.27. The molecule has 2 aliphatic carbocycles. The molecule has 0 radical (unpaired) electrons. The molecular formula is C17H28N2S2. The molecule has 0 aromatic carbocycles. The van der Waals surface area contributed by atoms with Crippen LogP contribution in [0.4, 0.5) is 0 Å². The van der Waals surface area contributed by atoms with Crippen LogP contribution in [0, 0.1) is 23.2 Å². The summed E-state index contributed by atoms with van der Waals surface area (Å²) < 4.78 is 0. The van der Waals surface area contributed by atoms with E-state index >= 15 is 0 Å². The second-order valence-electron chi connectivity index (χ2n) is 7.09. The summed E-state index contributed by atoms with van der Waals surface area (Å²) in [5.41, 5.74) is 11.8. The molecule has 4 unspecified atom stereocenters. The summed E-state index contributed by atoms with van der Waals surface area (Å²) in [6, 6.07) is 0. The highest BCUT2D eigenvalue weighted by Crippen LogP contribution is 2.55. The lowest BCUT2D eigenvalue weighted by Crippen LogP contribution is -2.40. The molecule has 1 fully saturated rings. The molecule has 2 aliphatic rings. The maximum atomic E-state index is 6.15. The zero-order valence-corrected chi connectivity index (χ0v) is 14.6. The smallest absolute Gasteiger partial charge is 0.0796 e. The fraction of sp³-hybridized carbons (Fsp3) is 0.765. The van der Waals surface area contributed by atoms with Gasteiger partial charge in [0, 0.05) is 5.41 Å². The van der Waals surface area contributed by atoms with E-state index in [4.69, 9.17) is 35.9 Å². The van der Waals surface area contributed by atoms with Crippen molar-refractivity contribution in [2.24, 2.45) is 34.6 Å². The number of nitrogens with two attached hydrogens (primary N) is 2. The fourth-order valence-corrected chi connectivity index (χ4v) is 4.73. The van der Waals surface area contributed by atoms with E-state index in [1.165, 1.54) is 32.1 Å². The highest BCUT2D eigenvalue weighted by molar-refractivity contribution is 7.80. The van der Waals surface area contributed by atoms with Crippen molar-refractivity contribution in [3.8, 4) is 0 Å². The van der Waals surface area contributed by atoms with Gasteiger partial charge in [-0.3, -0.25) is 0 Å². The van der Waals surface area contributed by atoms with E-state index in [0.29, 0.717) is 22.7 Å². The molecule has 4 atom stereocenters. The highest BCUT2D eigenvalue weighted by atomic mass is 32.1. The number of thiocarbonyl (C=S) groups is 2. The standard InChI is InChI=1S/C17H28N2S2/c1-12(5-3-2-4-6-15(18)20)10-17(16(19)21)11-13-7-8-14(17)9-13/h7-8,12-14H,2-6,9-11H2,1H3,(H2,18,20)(H2,19,21). The molecule has 2 bridgehead atoms. The van der Waals surface area contributed by atoms with E-state index in [1.807, 2.05) is 0 Å². The van der Waals surface area contributed by atoms with Gasteiger partial charge in [-0.05, 0) is 49.9 Å². The molecule has 2 rings (SSSR count). The monoisotopic (exact) mass is 324 g/mol. The van der Waals surface area contributed by atoms with Crippen molar-refractivity contribution in [3.05, 3.63) is 12.2 Å². The molecule has 1 saturated carbocycles. The third-order valence-electron chi connectivity index (χ3n) is 5.33. The quantitative estimate of drug-likeness (QED) is 0.380. The molecule has 0 aromatic rings. The van der Waals surface area contributed by atoms with Crippen LogP contribution < -0.4 is 11.5 Å². The van der Waals surface area contributed by atoms with Crippen molar-refractivity contribution < 1.29 is 0 Å². The van der Waals surface area contributed by atoms with Crippen molar-refractivity contribution in [1.82, 2.24) is 0 Å². The number of hydrogen-bond acceptors (Lipinski definition) is 2. The zero-order chi connectivity index (χ0) is 15.5. The molecule has 4 N–H and O–H groups in total. The summed E-state index contributed by atoms with van der Waals surface area (Å²) in [7, 11) is 0. The lowest BCUT2D eigenvalue weighted by molar-refractivity contribution is 0.260. The predicted octanol–water partition coefficient (Wildman–Crippen LogP) is 4.12. The molecule has 0 saturated heterocycles. The lowest BCUT2D eigenvalue weighted by Gasteiger charge is -2.37. The Morgan fingerprint density at radius 1 is 1.24 bits per heavy atom. The first-order valence-electron chi connectivity index (χ1n) is 8.20. The van der Waals surface area contributed by atoms with E-state index in [1.54, 1.807) is 0 Å². The highest BCUT2D eigenvalue weighted by Gasteiger charge is 2.50. The van der Waals surface area contributed by atoms with Crippen LogP contribution in [-0.2, 0) is 0 Å². The van der Waals surface area contributed by atoms with Gasteiger partial charge < -0.3 is 11.5 Å². The summed E-state index contributed by atoms with van der Waals surface area (Å²) in [6.07, 6.45) is 14.0. The van der Waals surface area contributed by atoms with Crippen LogP contribution in [-0.4, -0.2) is 9.98 Å².